The summed E-state index contributed by atoms with van der Waals surface area (Å²) in [5.74, 6) is 0.195. The molecule has 0 saturated heterocycles. The molecule has 3 nitrogen and oxygen atoms in total. The third-order valence-electron chi connectivity index (χ3n) is 6.37. The third kappa shape index (κ3) is 2.77. The molecule has 0 unspecified atom stereocenters. The maximum atomic E-state index is 13.4. The number of Topliss-reactive ketones (excluding diaryl/α,β-unsaturated/α-hetero) is 1. The van der Waals surface area contributed by atoms with E-state index >= 15 is 0 Å². The van der Waals surface area contributed by atoms with Crippen LogP contribution in [0.5, 0.6) is 0 Å². The van der Waals surface area contributed by atoms with Crippen LogP contribution >= 0.6 is 0 Å². The molecule has 0 heterocycles. The quantitative estimate of drug-likeness (QED) is 0.741. The molecule has 3 atom stereocenters. The second-order valence-electron chi connectivity index (χ2n) is 8.39. The summed E-state index contributed by atoms with van der Waals surface area (Å²) in [5.41, 5.74) is 2.86. The van der Waals surface area contributed by atoms with Crippen molar-refractivity contribution in [2.45, 2.75) is 55.2 Å². The molecule has 0 spiro atoms. The van der Waals surface area contributed by atoms with E-state index in [-0.39, 0.29) is 11.2 Å². The van der Waals surface area contributed by atoms with Crippen LogP contribution in [0.4, 0.5) is 0 Å². The van der Waals surface area contributed by atoms with Crippen molar-refractivity contribution in [1.82, 2.24) is 0 Å². The number of nitrogens with zero attached hydrogens (tertiary/aromatic N) is 1. The Hall–Kier alpha value is -2.51. The Morgan fingerprint density at radius 2 is 1.71 bits per heavy atom. The molecular weight excluding hydrogens is 366 g/mol. The van der Waals surface area contributed by atoms with Gasteiger partial charge in [-0.25, -0.2) is 4.21 Å². The molecule has 4 rings (SSSR count). The lowest BCUT2D eigenvalue weighted by Crippen LogP contribution is -2.25. The summed E-state index contributed by atoms with van der Waals surface area (Å²) in [4.78, 5) is 13.7. The molecule has 0 amide bonds. The SMILES string of the molecule is CC1=C2C[C@@](C#N)(c3ccccc3[S@@](=O)c3ccc(C)cc3)C[C@@]2(C)CC1=O. The summed E-state index contributed by atoms with van der Waals surface area (Å²) in [6, 6.07) is 17.8. The number of rotatable bonds is 3. The lowest BCUT2D eigenvalue weighted by Gasteiger charge is -2.27. The topological polar surface area (TPSA) is 57.9 Å². The van der Waals surface area contributed by atoms with Crippen molar-refractivity contribution in [2.75, 3.05) is 0 Å². The Bertz CT molecular complexity index is 1080. The van der Waals surface area contributed by atoms with Gasteiger partial charge in [0.1, 0.15) is 0 Å². The van der Waals surface area contributed by atoms with Crippen LogP contribution in [-0.2, 0) is 21.0 Å². The van der Waals surface area contributed by atoms with Crippen LogP contribution in [0.25, 0.3) is 0 Å². The van der Waals surface area contributed by atoms with E-state index in [1.54, 1.807) is 0 Å². The van der Waals surface area contributed by atoms with E-state index in [0.29, 0.717) is 24.2 Å². The van der Waals surface area contributed by atoms with Gasteiger partial charge >= 0.3 is 0 Å². The second-order valence-corrected chi connectivity index (χ2v) is 9.84. The van der Waals surface area contributed by atoms with Crippen LogP contribution in [0.15, 0.2) is 69.5 Å². The molecule has 1 saturated carbocycles. The molecule has 0 bridgehead atoms. The van der Waals surface area contributed by atoms with Gasteiger partial charge in [0, 0.05) is 16.2 Å². The summed E-state index contributed by atoms with van der Waals surface area (Å²) in [5, 5.41) is 10.2. The molecule has 0 aromatic heterocycles. The van der Waals surface area contributed by atoms with E-state index in [9.17, 15) is 14.3 Å². The Morgan fingerprint density at radius 1 is 1.04 bits per heavy atom. The summed E-state index contributed by atoms with van der Waals surface area (Å²) in [6.45, 7) is 5.97. The predicted molar refractivity (Wildman–Crippen MR) is 109 cm³/mol. The van der Waals surface area contributed by atoms with E-state index in [1.165, 1.54) is 0 Å². The molecule has 0 N–H and O–H groups in total. The Labute approximate surface area is 168 Å². The molecule has 28 heavy (non-hydrogen) atoms. The van der Waals surface area contributed by atoms with Gasteiger partial charge in [0.25, 0.3) is 0 Å². The van der Waals surface area contributed by atoms with Crippen molar-refractivity contribution in [2.24, 2.45) is 5.41 Å². The number of hydrogen-bond donors (Lipinski definition) is 0. The van der Waals surface area contributed by atoms with Crippen molar-refractivity contribution in [3.63, 3.8) is 0 Å². The first-order valence-electron chi connectivity index (χ1n) is 9.52. The minimum atomic E-state index is -1.36. The van der Waals surface area contributed by atoms with Gasteiger partial charge in [-0.3, -0.25) is 4.79 Å². The number of benzene rings is 2. The Kier molecular flexibility index (Phi) is 4.39. The molecule has 0 radical (unpaired) electrons. The van der Waals surface area contributed by atoms with Gasteiger partial charge in [-0.1, -0.05) is 48.4 Å². The van der Waals surface area contributed by atoms with Gasteiger partial charge in [0.05, 0.1) is 22.3 Å². The van der Waals surface area contributed by atoms with E-state index in [1.807, 2.05) is 62.4 Å². The highest BCUT2D eigenvalue weighted by molar-refractivity contribution is 7.85. The van der Waals surface area contributed by atoms with Crippen molar-refractivity contribution >= 4 is 16.6 Å². The zero-order valence-electron chi connectivity index (χ0n) is 16.4. The monoisotopic (exact) mass is 389 g/mol. The zero-order valence-corrected chi connectivity index (χ0v) is 17.2. The maximum absolute atomic E-state index is 13.4. The fourth-order valence-electron chi connectivity index (χ4n) is 4.90. The molecular formula is C24H23NO2S. The first-order valence-corrected chi connectivity index (χ1v) is 10.7. The fourth-order valence-corrected chi connectivity index (χ4v) is 6.20. The Morgan fingerprint density at radius 3 is 2.36 bits per heavy atom. The highest BCUT2D eigenvalue weighted by Gasteiger charge is 2.55. The zero-order chi connectivity index (χ0) is 20.1. The molecule has 142 valence electrons. The number of ketones is 1. The van der Waals surface area contributed by atoms with Crippen LogP contribution < -0.4 is 0 Å². The fraction of sp³-hybridized carbons (Fsp3) is 0.333. The van der Waals surface area contributed by atoms with Gasteiger partial charge in [0.15, 0.2) is 5.78 Å². The lowest BCUT2D eigenvalue weighted by atomic mass is 9.75. The standard InChI is InChI=1S/C24H23NO2S/c1-16-8-10-18(11-9-16)28(27)22-7-5-4-6-19(22)24(15-25)12-20-17(2)21(26)13-23(20,3)14-24/h4-11H,12-14H2,1-3H3/t23-,24-,28+/m1/s1. The van der Waals surface area contributed by atoms with E-state index in [0.717, 1.165) is 27.2 Å². The van der Waals surface area contributed by atoms with Gasteiger partial charge < -0.3 is 0 Å². The van der Waals surface area contributed by atoms with Crippen LogP contribution in [0.1, 0.15) is 44.2 Å². The van der Waals surface area contributed by atoms with E-state index in [4.69, 9.17) is 0 Å². The molecule has 2 aliphatic carbocycles. The number of fused-ring (bicyclic) bond motifs is 1. The first kappa shape index (κ1) is 18.8. The average Bonchev–Trinajstić information content (AvgIpc) is 3.10. The lowest BCUT2D eigenvalue weighted by molar-refractivity contribution is -0.116. The van der Waals surface area contributed by atoms with Gasteiger partial charge in [0.2, 0.25) is 0 Å². The molecule has 1 fully saturated rings. The van der Waals surface area contributed by atoms with Gasteiger partial charge in [-0.15, -0.1) is 0 Å². The van der Waals surface area contributed by atoms with Crippen LogP contribution in [-0.4, -0.2) is 9.99 Å². The Balaban J connectivity index is 1.82. The number of nitriles is 1. The second kappa shape index (κ2) is 6.53. The summed E-state index contributed by atoms with van der Waals surface area (Å²) in [7, 11) is -1.36. The van der Waals surface area contributed by atoms with Crippen molar-refractivity contribution in [3.8, 4) is 6.07 Å². The van der Waals surface area contributed by atoms with Gasteiger partial charge in [-0.05, 0) is 61.4 Å². The minimum Gasteiger partial charge on any atom is -0.295 e. The van der Waals surface area contributed by atoms with E-state index in [2.05, 4.69) is 13.0 Å². The maximum Gasteiger partial charge on any atom is 0.159 e. The number of carbonyl (C=O) groups excluding carboxylic acids is 1. The summed E-state index contributed by atoms with van der Waals surface area (Å²) in [6.07, 6.45) is 1.61. The number of carbonyl (C=O) groups is 1. The largest absolute Gasteiger partial charge is 0.295 e. The third-order valence-corrected chi connectivity index (χ3v) is 7.83. The normalized spacial score (nSPS) is 27.6. The van der Waals surface area contributed by atoms with E-state index < -0.39 is 16.2 Å². The first-order chi connectivity index (χ1) is 13.3. The smallest absolute Gasteiger partial charge is 0.159 e. The van der Waals surface area contributed by atoms with Crippen LogP contribution in [0.3, 0.4) is 0 Å². The average molecular weight is 390 g/mol. The molecule has 2 aliphatic rings. The highest BCUT2D eigenvalue weighted by Crippen LogP contribution is 2.60. The van der Waals surface area contributed by atoms with Crippen molar-refractivity contribution in [1.29, 1.82) is 5.26 Å². The molecule has 2 aromatic rings. The van der Waals surface area contributed by atoms with Crippen molar-refractivity contribution < 1.29 is 9.00 Å². The van der Waals surface area contributed by atoms with Crippen LogP contribution in [0.2, 0.25) is 0 Å². The number of hydrogen-bond acceptors (Lipinski definition) is 3. The summed E-state index contributed by atoms with van der Waals surface area (Å²) >= 11 is 0. The summed E-state index contributed by atoms with van der Waals surface area (Å²) < 4.78 is 13.4. The highest BCUT2D eigenvalue weighted by atomic mass is 32.2. The molecule has 0 aliphatic heterocycles. The van der Waals surface area contributed by atoms with Gasteiger partial charge in [-0.2, -0.15) is 5.26 Å². The van der Waals surface area contributed by atoms with Crippen LogP contribution in [0, 0.1) is 23.7 Å². The number of allylic oxidation sites excluding steroid dienone is 2. The number of aryl methyl sites for hydroxylation is 1. The minimum absolute atomic E-state index is 0.195. The molecule has 2 aromatic carbocycles. The molecule has 4 heteroatoms. The predicted octanol–water partition coefficient (Wildman–Crippen LogP) is 5.01. The van der Waals surface area contributed by atoms with Crippen molar-refractivity contribution in [3.05, 3.63) is 70.8 Å².